The smallest absolute Gasteiger partial charge is 0.359 e. The first-order valence-electron chi connectivity index (χ1n) is 18.4. The minimum Gasteiger partial charge on any atom is -0.464 e. The highest BCUT2D eigenvalue weighted by Crippen LogP contribution is 2.27. The number of aromatic nitrogens is 6. The van der Waals surface area contributed by atoms with E-state index in [1.54, 1.807) is 73.4 Å². The van der Waals surface area contributed by atoms with Crippen molar-refractivity contribution in [2.75, 3.05) is 41.4 Å². The fourth-order valence-electron chi connectivity index (χ4n) is 6.67. The molecule has 2 aliphatic rings. The van der Waals surface area contributed by atoms with Gasteiger partial charge in [0.15, 0.2) is 11.4 Å². The predicted molar refractivity (Wildman–Crippen MR) is 218 cm³/mol. The molecule has 0 radical (unpaired) electrons. The molecule has 8 rings (SSSR count). The van der Waals surface area contributed by atoms with Gasteiger partial charge in [-0.25, -0.2) is 28.9 Å². The Morgan fingerprint density at radius 2 is 1.20 bits per heavy atom. The summed E-state index contributed by atoms with van der Waals surface area (Å²) in [5.41, 5.74) is 0.367. The second-order valence-electron chi connectivity index (χ2n) is 14.0. The number of nitrogens with zero attached hydrogens (tertiary/aromatic N) is 9. The van der Waals surface area contributed by atoms with Gasteiger partial charge in [-0.3, -0.25) is 9.59 Å². The summed E-state index contributed by atoms with van der Waals surface area (Å²) in [6, 6.07) is 19.1. The third-order valence-corrected chi connectivity index (χ3v) is 10.2. The lowest BCUT2D eigenvalue weighted by Gasteiger charge is -2.13. The van der Waals surface area contributed by atoms with Crippen molar-refractivity contribution in [3.63, 3.8) is 0 Å². The van der Waals surface area contributed by atoms with Crippen LogP contribution in [0.4, 0.5) is 0 Å². The SMILES string of the molecule is COC(=O)c1nn(-c2cccc(C#C[C@]3(O)CCN(C)C3=O)c2)c2cc(C#N)ncc12.COC(=O)c1nn(-c2cccc(C#C[C@]3(O)CCN(C)C3=O)c2)c2cc(Cl)ncc12. The molecular weight excluding hydrogens is 806 g/mol. The summed E-state index contributed by atoms with van der Waals surface area (Å²) in [5.74, 6) is 9.04. The fraction of sp³-hybridized carbons (Fsp3) is 0.233. The Balaban J connectivity index is 0.000000184. The number of halogens is 1. The van der Waals surface area contributed by atoms with Crippen LogP contribution < -0.4 is 0 Å². The molecule has 2 fully saturated rings. The fourth-order valence-corrected chi connectivity index (χ4v) is 6.82. The van der Waals surface area contributed by atoms with Crippen molar-refractivity contribution in [2.24, 2.45) is 0 Å². The molecule has 2 aromatic carbocycles. The number of hydrogen-bond acceptors (Lipinski definition) is 13. The molecule has 2 N–H and O–H groups in total. The van der Waals surface area contributed by atoms with Gasteiger partial charge in [0.1, 0.15) is 16.9 Å². The Bertz CT molecular complexity index is 2970. The summed E-state index contributed by atoms with van der Waals surface area (Å²) in [6.45, 7) is 0.892. The molecule has 6 aromatic rings. The first kappa shape index (κ1) is 41.5. The molecule has 18 heteroatoms. The number of carbonyl (C=O) groups is 4. The number of hydrogen-bond donors (Lipinski definition) is 2. The summed E-state index contributed by atoms with van der Waals surface area (Å²) in [7, 11) is 5.78. The van der Waals surface area contributed by atoms with Gasteiger partial charge >= 0.3 is 11.9 Å². The van der Waals surface area contributed by atoms with Crippen molar-refractivity contribution in [3.05, 3.63) is 106 Å². The number of pyridine rings is 2. The van der Waals surface area contributed by atoms with Gasteiger partial charge in [-0.1, -0.05) is 47.4 Å². The van der Waals surface area contributed by atoms with Crippen LogP contribution in [0.25, 0.3) is 33.2 Å². The van der Waals surface area contributed by atoms with Crippen LogP contribution in [0.1, 0.15) is 50.6 Å². The van der Waals surface area contributed by atoms with Gasteiger partial charge in [0.2, 0.25) is 11.2 Å². The molecule has 4 aromatic heterocycles. The van der Waals surface area contributed by atoms with Gasteiger partial charge in [0.05, 0.1) is 47.4 Å². The van der Waals surface area contributed by atoms with Crippen LogP contribution in [0.2, 0.25) is 5.15 Å². The monoisotopic (exact) mass is 839 g/mol. The van der Waals surface area contributed by atoms with Crippen molar-refractivity contribution < 1.29 is 38.9 Å². The molecule has 0 bridgehead atoms. The quantitative estimate of drug-likeness (QED) is 0.148. The van der Waals surface area contributed by atoms with E-state index >= 15 is 0 Å². The van der Waals surface area contributed by atoms with E-state index in [0.29, 0.717) is 57.4 Å². The van der Waals surface area contributed by atoms with E-state index in [9.17, 15) is 34.7 Å². The van der Waals surface area contributed by atoms with Crippen LogP contribution in [-0.2, 0) is 19.1 Å². The predicted octanol–water partition coefficient (Wildman–Crippen LogP) is 2.83. The summed E-state index contributed by atoms with van der Waals surface area (Å²) in [6.07, 6.45) is 3.37. The van der Waals surface area contributed by atoms with Gasteiger partial charge in [-0.2, -0.15) is 15.5 Å². The summed E-state index contributed by atoms with van der Waals surface area (Å²) in [5, 5.41) is 40.1. The van der Waals surface area contributed by atoms with Crippen molar-refractivity contribution in [3.8, 4) is 41.1 Å². The van der Waals surface area contributed by atoms with Crippen LogP contribution in [0.3, 0.4) is 0 Å². The Kier molecular flexibility index (Phi) is 11.3. The standard InChI is InChI=1S/C22H17N5O4.C21H17ClN4O4/c1-26-9-8-22(30,21(26)29)7-6-14-4-3-5-16(10-14)27-18-11-15(12-23)24-13-17(18)19(25-27)20(28)31-2;1-25-9-8-21(29,20(25)28)7-6-13-4-3-5-14(10-13)26-16-11-17(22)23-12-15(16)18(24-26)19(27)30-2/h3-5,10-11,13,30H,8-9H2,1-2H3;3-5,10-12,29H,8-9H2,1-2H3/t22-;21-/m00/s1. The van der Waals surface area contributed by atoms with E-state index in [-0.39, 0.29) is 35.1 Å². The molecule has 306 valence electrons. The number of ether oxygens (including phenoxy) is 2. The number of methoxy groups -OCH3 is 2. The highest BCUT2D eigenvalue weighted by Gasteiger charge is 2.43. The Morgan fingerprint density at radius 1 is 0.738 bits per heavy atom. The molecule has 17 nitrogen and oxygen atoms in total. The molecule has 6 heterocycles. The Morgan fingerprint density at radius 3 is 1.62 bits per heavy atom. The second-order valence-corrected chi connectivity index (χ2v) is 14.4. The second kappa shape index (κ2) is 16.6. The number of amides is 2. The summed E-state index contributed by atoms with van der Waals surface area (Å²) in [4.78, 5) is 59.4. The third kappa shape index (κ3) is 8.07. The lowest BCUT2D eigenvalue weighted by Crippen LogP contribution is -2.37. The lowest BCUT2D eigenvalue weighted by molar-refractivity contribution is -0.138. The van der Waals surface area contributed by atoms with Gasteiger partial charge in [-0.15, -0.1) is 0 Å². The van der Waals surface area contributed by atoms with E-state index in [4.69, 9.17) is 21.1 Å². The summed E-state index contributed by atoms with van der Waals surface area (Å²) >= 11 is 6.04. The topological polar surface area (TPSA) is 219 Å². The molecule has 2 saturated heterocycles. The van der Waals surface area contributed by atoms with Crippen molar-refractivity contribution in [1.82, 2.24) is 39.3 Å². The number of rotatable bonds is 4. The first-order chi connectivity index (χ1) is 29.2. The first-order valence-corrected chi connectivity index (χ1v) is 18.8. The number of aliphatic hydroxyl groups is 2. The van der Waals surface area contributed by atoms with Crippen LogP contribution in [0.15, 0.2) is 73.1 Å². The largest absolute Gasteiger partial charge is 0.464 e. The molecule has 0 unspecified atom stereocenters. The maximum Gasteiger partial charge on any atom is 0.359 e. The van der Waals surface area contributed by atoms with Crippen molar-refractivity contribution >= 4 is 57.2 Å². The Hall–Kier alpha value is -7.62. The zero-order valence-electron chi connectivity index (χ0n) is 33.0. The van der Waals surface area contributed by atoms with Gasteiger partial charge in [0, 0.05) is 75.7 Å². The van der Waals surface area contributed by atoms with Crippen LogP contribution in [0.5, 0.6) is 0 Å². The Labute approximate surface area is 352 Å². The number of likely N-dealkylation sites (tertiary alicyclic amines) is 2. The third-order valence-electron chi connectivity index (χ3n) is 10.00. The lowest BCUT2D eigenvalue weighted by atomic mass is 10.0. The number of carbonyl (C=O) groups excluding carboxylic acids is 4. The average molecular weight is 840 g/mol. The van der Waals surface area contributed by atoms with Gasteiger partial charge < -0.3 is 29.5 Å². The van der Waals surface area contributed by atoms with E-state index in [0.717, 1.165) is 0 Å². The molecule has 2 aliphatic heterocycles. The highest BCUT2D eigenvalue weighted by molar-refractivity contribution is 6.30. The maximum atomic E-state index is 12.2. The number of benzene rings is 2. The number of nitriles is 1. The normalized spacial score (nSPS) is 18.1. The molecule has 2 amide bonds. The highest BCUT2D eigenvalue weighted by atomic mass is 35.5. The average Bonchev–Trinajstić information content (AvgIpc) is 4.00. The van der Waals surface area contributed by atoms with Crippen LogP contribution >= 0.6 is 11.6 Å². The maximum absolute atomic E-state index is 12.2. The van der Waals surface area contributed by atoms with Gasteiger partial charge in [-0.05, 0) is 36.4 Å². The number of esters is 2. The minimum absolute atomic E-state index is 0.0693. The summed E-state index contributed by atoms with van der Waals surface area (Å²) < 4.78 is 12.7. The van der Waals surface area contributed by atoms with Crippen LogP contribution in [-0.4, -0.2) is 126 Å². The molecule has 2 atom stereocenters. The molecule has 61 heavy (non-hydrogen) atoms. The zero-order valence-corrected chi connectivity index (χ0v) is 33.8. The van der Waals surface area contributed by atoms with E-state index < -0.39 is 35.0 Å². The van der Waals surface area contributed by atoms with E-state index in [1.165, 1.54) is 47.2 Å². The number of likely N-dealkylation sites (N-methyl/N-ethyl adjacent to an activating group) is 2. The van der Waals surface area contributed by atoms with E-state index in [1.807, 2.05) is 6.07 Å². The molecule has 0 aliphatic carbocycles. The molecule has 0 spiro atoms. The van der Waals surface area contributed by atoms with Crippen molar-refractivity contribution in [1.29, 1.82) is 5.26 Å². The van der Waals surface area contributed by atoms with E-state index in [2.05, 4.69) is 43.8 Å². The van der Waals surface area contributed by atoms with Crippen molar-refractivity contribution in [2.45, 2.75) is 24.0 Å². The van der Waals surface area contributed by atoms with Crippen LogP contribution in [0, 0.1) is 35.0 Å². The molecular formula is C43H34ClN9O8. The van der Waals surface area contributed by atoms with Gasteiger partial charge in [0.25, 0.3) is 11.8 Å². The zero-order chi connectivity index (χ0) is 43.6. The minimum atomic E-state index is -1.70. The molecule has 0 saturated carbocycles. The number of fused-ring (bicyclic) bond motifs is 2.